The van der Waals surface area contributed by atoms with Crippen LogP contribution in [-0.2, 0) is 16.6 Å². The van der Waals surface area contributed by atoms with Crippen molar-refractivity contribution in [1.82, 2.24) is 14.6 Å². The summed E-state index contributed by atoms with van der Waals surface area (Å²) in [5.74, 6) is -0.165. The maximum atomic E-state index is 13.2. The minimum Gasteiger partial charge on any atom is -0.332 e. The first-order valence-electron chi connectivity index (χ1n) is 9.89. The van der Waals surface area contributed by atoms with Gasteiger partial charge in [-0.05, 0) is 48.2 Å². The fraction of sp³-hybridized carbons (Fsp3) is 0.217. The maximum Gasteiger partial charge on any atom is 0.254 e. The van der Waals surface area contributed by atoms with Gasteiger partial charge in [-0.25, -0.2) is 13.1 Å². The van der Waals surface area contributed by atoms with Crippen molar-refractivity contribution >= 4 is 15.9 Å². The Labute approximate surface area is 176 Å². The molecule has 0 spiro atoms. The molecule has 7 heteroatoms. The van der Waals surface area contributed by atoms with Crippen LogP contribution in [0.1, 0.15) is 40.4 Å². The van der Waals surface area contributed by atoms with Crippen LogP contribution < -0.4 is 4.72 Å². The number of nitrogens with zero attached hydrogens (tertiary/aromatic N) is 2. The summed E-state index contributed by atoms with van der Waals surface area (Å²) in [6, 6.07) is 19.3. The molecule has 1 aliphatic heterocycles. The Kier molecular flexibility index (Phi) is 5.92. The highest BCUT2D eigenvalue weighted by atomic mass is 32.2. The summed E-state index contributed by atoms with van der Waals surface area (Å²) in [4.78, 5) is 19.2. The van der Waals surface area contributed by atoms with Crippen LogP contribution in [0.5, 0.6) is 0 Å². The zero-order chi connectivity index (χ0) is 21.0. The summed E-state index contributed by atoms with van der Waals surface area (Å²) in [6.45, 7) is 0.832. The van der Waals surface area contributed by atoms with Crippen LogP contribution in [0.15, 0.2) is 84.0 Å². The molecule has 3 aromatic rings. The van der Waals surface area contributed by atoms with Crippen molar-refractivity contribution in [3.8, 4) is 0 Å². The van der Waals surface area contributed by atoms with Gasteiger partial charge in [0.15, 0.2) is 0 Å². The Morgan fingerprint density at radius 3 is 2.67 bits per heavy atom. The molecular formula is C23H23N3O3S. The number of sulfonamides is 1. The van der Waals surface area contributed by atoms with Crippen LogP contribution in [0.2, 0.25) is 0 Å². The molecule has 30 heavy (non-hydrogen) atoms. The zero-order valence-electron chi connectivity index (χ0n) is 16.4. The van der Waals surface area contributed by atoms with E-state index >= 15 is 0 Å². The number of likely N-dealkylation sites (tertiary alicyclic amines) is 1. The van der Waals surface area contributed by atoms with E-state index in [9.17, 15) is 13.2 Å². The smallest absolute Gasteiger partial charge is 0.254 e. The third-order valence-electron chi connectivity index (χ3n) is 5.28. The number of benzene rings is 2. The maximum absolute atomic E-state index is 13.2. The van der Waals surface area contributed by atoms with Gasteiger partial charge in [0.25, 0.3) is 5.91 Å². The highest BCUT2D eigenvalue weighted by Gasteiger charge is 2.31. The van der Waals surface area contributed by atoms with Crippen molar-refractivity contribution in [2.75, 3.05) is 6.54 Å². The summed E-state index contributed by atoms with van der Waals surface area (Å²) in [5, 5.41) is 0. The first-order chi connectivity index (χ1) is 14.5. The van der Waals surface area contributed by atoms with Crippen LogP contribution in [0.3, 0.4) is 0 Å². The average Bonchev–Trinajstić information content (AvgIpc) is 3.29. The van der Waals surface area contributed by atoms with Crippen molar-refractivity contribution in [3.63, 3.8) is 0 Å². The van der Waals surface area contributed by atoms with E-state index in [1.165, 1.54) is 12.1 Å². The van der Waals surface area contributed by atoms with Crippen molar-refractivity contribution in [2.45, 2.75) is 30.3 Å². The average molecular weight is 422 g/mol. The van der Waals surface area contributed by atoms with Gasteiger partial charge in [-0.3, -0.25) is 9.78 Å². The van der Waals surface area contributed by atoms with Crippen molar-refractivity contribution in [3.05, 3.63) is 95.8 Å². The van der Waals surface area contributed by atoms with Crippen LogP contribution in [0, 0.1) is 0 Å². The van der Waals surface area contributed by atoms with E-state index in [1.807, 2.05) is 42.5 Å². The minimum atomic E-state index is -3.73. The molecular weight excluding hydrogens is 398 g/mol. The predicted octanol–water partition coefficient (Wildman–Crippen LogP) is 3.54. The molecule has 0 saturated carbocycles. The van der Waals surface area contributed by atoms with Crippen molar-refractivity contribution < 1.29 is 13.2 Å². The highest BCUT2D eigenvalue weighted by molar-refractivity contribution is 7.89. The molecule has 1 atom stereocenters. The molecule has 0 aliphatic carbocycles. The number of amides is 1. The Morgan fingerprint density at radius 2 is 1.90 bits per heavy atom. The van der Waals surface area contributed by atoms with E-state index in [0.717, 1.165) is 24.0 Å². The monoisotopic (exact) mass is 421 g/mol. The van der Waals surface area contributed by atoms with Crippen LogP contribution in [0.4, 0.5) is 0 Å². The van der Waals surface area contributed by atoms with Gasteiger partial charge < -0.3 is 4.90 Å². The molecule has 0 radical (unpaired) electrons. The molecule has 6 nitrogen and oxygen atoms in total. The number of carbonyl (C=O) groups is 1. The summed E-state index contributed by atoms with van der Waals surface area (Å²) < 4.78 is 28.1. The Hall–Kier alpha value is -3.03. The van der Waals surface area contributed by atoms with Crippen molar-refractivity contribution in [1.29, 1.82) is 0 Å². The Morgan fingerprint density at radius 1 is 1.07 bits per heavy atom. The van der Waals surface area contributed by atoms with Gasteiger partial charge in [0.05, 0.1) is 10.9 Å². The van der Waals surface area contributed by atoms with Gasteiger partial charge in [0.1, 0.15) is 0 Å². The first kappa shape index (κ1) is 20.3. The Bertz CT molecular complexity index is 1120. The highest BCUT2D eigenvalue weighted by Crippen LogP contribution is 2.32. The zero-order valence-corrected chi connectivity index (χ0v) is 17.3. The molecule has 154 valence electrons. The van der Waals surface area contributed by atoms with Crippen LogP contribution in [0.25, 0.3) is 0 Å². The number of rotatable bonds is 6. The van der Waals surface area contributed by atoms with E-state index < -0.39 is 10.0 Å². The van der Waals surface area contributed by atoms with Gasteiger partial charge >= 0.3 is 0 Å². The molecule has 0 bridgehead atoms. The molecule has 1 aromatic heterocycles. The first-order valence-corrected chi connectivity index (χ1v) is 11.4. The van der Waals surface area contributed by atoms with E-state index in [2.05, 4.69) is 9.71 Å². The lowest BCUT2D eigenvalue weighted by Gasteiger charge is -2.25. The molecule has 1 aliphatic rings. The third kappa shape index (κ3) is 4.42. The number of carbonyl (C=O) groups excluding carboxylic acids is 1. The molecule has 1 amide bonds. The van der Waals surface area contributed by atoms with Crippen LogP contribution in [-0.4, -0.2) is 30.8 Å². The van der Waals surface area contributed by atoms with E-state index in [-0.39, 0.29) is 23.4 Å². The summed E-state index contributed by atoms with van der Waals surface area (Å²) in [7, 11) is -3.73. The lowest BCUT2D eigenvalue weighted by molar-refractivity contribution is 0.0735. The third-order valence-corrected chi connectivity index (χ3v) is 6.68. The molecule has 0 unspecified atom stereocenters. The summed E-state index contributed by atoms with van der Waals surface area (Å²) >= 11 is 0. The van der Waals surface area contributed by atoms with Crippen molar-refractivity contribution in [2.24, 2.45) is 0 Å². The molecule has 2 aromatic carbocycles. The van der Waals surface area contributed by atoms with Crippen LogP contribution >= 0.6 is 0 Å². The number of pyridine rings is 1. The SMILES string of the molecule is O=C(c1cccc(S(=O)(=O)NCc2ccccc2)c1)N1CCC[C@@H]1c1cccnc1. The van der Waals surface area contributed by atoms with Gasteiger partial charge in [0.2, 0.25) is 10.0 Å². The second-order valence-electron chi connectivity index (χ2n) is 7.28. The molecule has 1 N–H and O–H groups in total. The molecule has 1 fully saturated rings. The summed E-state index contributed by atoms with van der Waals surface area (Å²) in [6.07, 6.45) is 5.27. The topological polar surface area (TPSA) is 79.4 Å². The normalized spacial score (nSPS) is 16.5. The number of hydrogen-bond acceptors (Lipinski definition) is 4. The fourth-order valence-corrected chi connectivity index (χ4v) is 4.81. The lowest BCUT2D eigenvalue weighted by atomic mass is 10.1. The number of aromatic nitrogens is 1. The summed E-state index contributed by atoms with van der Waals surface area (Å²) in [5.41, 5.74) is 2.23. The van der Waals surface area contributed by atoms with Gasteiger partial charge in [0, 0.05) is 31.0 Å². The standard InChI is InChI=1S/C23H23N3O3S/c27-23(26-14-6-12-22(26)20-10-5-13-24-17-20)19-9-4-11-21(15-19)30(28,29)25-16-18-7-2-1-3-8-18/h1-5,7-11,13,15,17,22,25H,6,12,14,16H2/t22-/m1/s1. The number of hydrogen-bond donors (Lipinski definition) is 1. The molecule has 1 saturated heterocycles. The van der Waals surface area contributed by atoms with Gasteiger partial charge in [-0.2, -0.15) is 0 Å². The quantitative estimate of drug-likeness (QED) is 0.660. The number of nitrogens with one attached hydrogen (secondary N) is 1. The minimum absolute atomic E-state index is 0.0392. The van der Waals surface area contributed by atoms with Gasteiger partial charge in [-0.1, -0.05) is 42.5 Å². The fourth-order valence-electron chi connectivity index (χ4n) is 3.75. The lowest BCUT2D eigenvalue weighted by Crippen LogP contribution is -2.31. The predicted molar refractivity (Wildman–Crippen MR) is 114 cm³/mol. The van der Waals surface area contributed by atoms with E-state index in [0.29, 0.717) is 12.1 Å². The van der Waals surface area contributed by atoms with E-state index in [4.69, 9.17) is 0 Å². The molecule has 2 heterocycles. The second-order valence-corrected chi connectivity index (χ2v) is 9.05. The second kappa shape index (κ2) is 8.77. The Balaban J connectivity index is 1.53. The van der Waals surface area contributed by atoms with Gasteiger partial charge in [-0.15, -0.1) is 0 Å². The van der Waals surface area contributed by atoms with E-state index in [1.54, 1.807) is 29.4 Å². The largest absolute Gasteiger partial charge is 0.332 e. The molecule has 4 rings (SSSR count).